The average Bonchev–Trinajstić information content (AvgIpc) is 2.47. The molecule has 104 valence electrons. The molecule has 20 heavy (non-hydrogen) atoms. The number of hydrogen-bond donors (Lipinski definition) is 1. The molecule has 0 atom stereocenters. The number of nitrogens with one attached hydrogen (secondary N) is 1. The molecule has 0 radical (unpaired) electrons. The molecule has 0 saturated carbocycles. The SMILES string of the molecule is CCCCc1ccc(NC(=O)c2cccnc2F)cc1. The molecule has 1 amide bonds. The number of nitrogens with zero attached hydrogens (tertiary/aromatic N) is 1. The topological polar surface area (TPSA) is 42.0 Å². The van der Waals surface area contributed by atoms with Crippen molar-refractivity contribution in [2.45, 2.75) is 26.2 Å². The third kappa shape index (κ3) is 3.63. The van der Waals surface area contributed by atoms with Crippen LogP contribution in [0.15, 0.2) is 42.6 Å². The number of anilines is 1. The van der Waals surface area contributed by atoms with E-state index >= 15 is 0 Å². The fourth-order valence-corrected chi connectivity index (χ4v) is 1.89. The van der Waals surface area contributed by atoms with Crippen molar-refractivity contribution in [1.82, 2.24) is 4.98 Å². The zero-order valence-electron chi connectivity index (χ0n) is 11.4. The van der Waals surface area contributed by atoms with Crippen LogP contribution in [0.4, 0.5) is 10.1 Å². The van der Waals surface area contributed by atoms with Gasteiger partial charge in [0.2, 0.25) is 5.95 Å². The number of amides is 1. The van der Waals surface area contributed by atoms with E-state index in [1.807, 2.05) is 24.3 Å². The Labute approximate surface area is 117 Å². The molecule has 0 spiro atoms. The summed E-state index contributed by atoms with van der Waals surface area (Å²) in [5.41, 5.74) is 1.83. The molecule has 1 N–H and O–H groups in total. The molecule has 1 heterocycles. The Balaban J connectivity index is 2.03. The second kappa shape index (κ2) is 6.80. The highest BCUT2D eigenvalue weighted by Gasteiger charge is 2.11. The lowest BCUT2D eigenvalue weighted by atomic mass is 10.1. The van der Waals surface area contributed by atoms with Crippen molar-refractivity contribution < 1.29 is 9.18 Å². The number of aryl methyl sites for hydroxylation is 1. The molecule has 0 aliphatic carbocycles. The van der Waals surface area contributed by atoms with Gasteiger partial charge in [0.25, 0.3) is 5.91 Å². The van der Waals surface area contributed by atoms with E-state index in [0.717, 1.165) is 19.3 Å². The third-order valence-corrected chi connectivity index (χ3v) is 3.03. The van der Waals surface area contributed by atoms with E-state index in [-0.39, 0.29) is 5.56 Å². The standard InChI is InChI=1S/C16H17FN2O/c1-2-3-5-12-7-9-13(10-8-12)19-16(20)14-6-4-11-18-15(14)17/h4,6-11H,2-3,5H2,1H3,(H,19,20). The highest BCUT2D eigenvalue weighted by Crippen LogP contribution is 2.13. The fraction of sp³-hybridized carbons (Fsp3) is 0.250. The highest BCUT2D eigenvalue weighted by atomic mass is 19.1. The van der Waals surface area contributed by atoms with Gasteiger partial charge in [0.15, 0.2) is 0 Å². The predicted octanol–water partition coefficient (Wildman–Crippen LogP) is 3.82. The summed E-state index contributed by atoms with van der Waals surface area (Å²) in [6.45, 7) is 2.15. The molecule has 0 aliphatic heterocycles. The van der Waals surface area contributed by atoms with Crippen LogP contribution >= 0.6 is 0 Å². The number of halogens is 1. The van der Waals surface area contributed by atoms with Gasteiger partial charge in [0.1, 0.15) is 0 Å². The molecule has 1 aromatic heterocycles. The second-order valence-corrected chi connectivity index (χ2v) is 4.60. The van der Waals surface area contributed by atoms with Crippen LogP contribution in [0, 0.1) is 5.95 Å². The average molecular weight is 272 g/mol. The summed E-state index contributed by atoms with van der Waals surface area (Å²) in [4.78, 5) is 15.4. The van der Waals surface area contributed by atoms with Gasteiger partial charge in [-0.3, -0.25) is 4.79 Å². The Kier molecular flexibility index (Phi) is 4.82. The van der Waals surface area contributed by atoms with E-state index in [1.54, 1.807) is 0 Å². The monoisotopic (exact) mass is 272 g/mol. The molecule has 2 aromatic rings. The summed E-state index contributed by atoms with van der Waals surface area (Å²) in [5, 5.41) is 2.66. The number of pyridine rings is 1. The van der Waals surface area contributed by atoms with Gasteiger partial charge in [-0.15, -0.1) is 0 Å². The minimum Gasteiger partial charge on any atom is -0.322 e. The van der Waals surface area contributed by atoms with Crippen molar-refractivity contribution in [3.63, 3.8) is 0 Å². The van der Waals surface area contributed by atoms with Crippen LogP contribution in [0.25, 0.3) is 0 Å². The molecule has 0 bridgehead atoms. The van der Waals surface area contributed by atoms with E-state index < -0.39 is 11.9 Å². The van der Waals surface area contributed by atoms with E-state index in [1.165, 1.54) is 23.9 Å². The lowest BCUT2D eigenvalue weighted by Gasteiger charge is -2.06. The predicted molar refractivity (Wildman–Crippen MR) is 77.2 cm³/mol. The van der Waals surface area contributed by atoms with Crippen molar-refractivity contribution in [2.75, 3.05) is 5.32 Å². The van der Waals surface area contributed by atoms with Crippen molar-refractivity contribution in [2.24, 2.45) is 0 Å². The van der Waals surface area contributed by atoms with Gasteiger partial charge < -0.3 is 5.32 Å². The Morgan fingerprint density at radius 3 is 2.65 bits per heavy atom. The molecular weight excluding hydrogens is 255 g/mol. The van der Waals surface area contributed by atoms with Gasteiger partial charge in [-0.1, -0.05) is 25.5 Å². The summed E-state index contributed by atoms with van der Waals surface area (Å²) in [6, 6.07) is 10.6. The first-order valence-corrected chi connectivity index (χ1v) is 6.71. The lowest BCUT2D eigenvalue weighted by Crippen LogP contribution is -2.14. The minimum atomic E-state index is -0.760. The maximum atomic E-state index is 13.4. The summed E-state index contributed by atoms with van der Waals surface area (Å²) in [6.07, 6.45) is 4.64. The number of aromatic nitrogens is 1. The number of benzene rings is 1. The van der Waals surface area contributed by atoms with Gasteiger partial charge >= 0.3 is 0 Å². The van der Waals surface area contributed by atoms with Crippen LogP contribution in [0.2, 0.25) is 0 Å². The van der Waals surface area contributed by atoms with Gasteiger partial charge in [-0.05, 0) is 42.7 Å². The molecular formula is C16H17FN2O. The van der Waals surface area contributed by atoms with Gasteiger partial charge in [0.05, 0.1) is 5.56 Å². The number of rotatable bonds is 5. The third-order valence-electron chi connectivity index (χ3n) is 3.03. The van der Waals surface area contributed by atoms with E-state index in [9.17, 15) is 9.18 Å². The Morgan fingerprint density at radius 1 is 1.25 bits per heavy atom. The Bertz CT molecular complexity index is 581. The first-order chi connectivity index (χ1) is 9.70. The van der Waals surface area contributed by atoms with Crippen molar-refractivity contribution in [3.05, 3.63) is 59.7 Å². The van der Waals surface area contributed by atoms with Gasteiger partial charge in [0, 0.05) is 11.9 Å². The number of carbonyl (C=O) groups is 1. The Morgan fingerprint density at radius 2 is 2.00 bits per heavy atom. The summed E-state index contributed by atoms with van der Waals surface area (Å²) >= 11 is 0. The van der Waals surface area contributed by atoms with E-state index in [0.29, 0.717) is 5.69 Å². The molecule has 0 saturated heterocycles. The van der Waals surface area contributed by atoms with E-state index in [2.05, 4.69) is 17.2 Å². The van der Waals surface area contributed by atoms with Crippen LogP contribution in [0.5, 0.6) is 0 Å². The van der Waals surface area contributed by atoms with Crippen LogP contribution in [0.3, 0.4) is 0 Å². The molecule has 3 nitrogen and oxygen atoms in total. The van der Waals surface area contributed by atoms with Gasteiger partial charge in [-0.2, -0.15) is 4.39 Å². The summed E-state index contributed by atoms with van der Waals surface area (Å²) < 4.78 is 13.4. The van der Waals surface area contributed by atoms with Crippen molar-refractivity contribution in [3.8, 4) is 0 Å². The van der Waals surface area contributed by atoms with Crippen molar-refractivity contribution in [1.29, 1.82) is 0 Å². The number of unbranched alkanes of at least 4 members (excludes halogenated alkanes) is 1. The van der Waals surface area contributed by atoms with Crippen LogP contribution in [-0.4, -0.2) is 10.9 Å². The molecule has 0 fully saturated rings. The lowest BCUT2D eigenvalue weighted by molar-refractivity contribution is 0.102. The molecule has 0 unspecified atom stereocenters. The smallest absolute Gasteiger partial charge is 0.260 e. The minimum absolute atomic E-state index is 0.0532. The molecule has 2 rings (SSSR count). The maximum Gasteiger partial charge on any atom is 0.260 e. The van der Waals surface area contributed by atoms with Crippen LogP contribution in [-0.2, 0) is 6.42 Å². The first kappa shape index (κ1) is 14.2. The second-order valence-electron chi connectivity index (χ2n) is 4.60. The van der Waals surface area contributed by atoms with Gasteiger partial charge in [-0.25, -0.2) is 4.98 Å². The molecule has 0 aliphatic rings. The zero-order valence-corrected chi connectivity index (χ0v) is 11.4. The maximum absolute atomic E-state index is 13.4. The summed E-state index contributed by atoms with van der Waals surface area (Å²) in [7, 11) is 0. The first-order valence-electron chi connectivity index (χ1n) is 6.71. The van der Waals surface area contributed by atoms with Crippen LogP contribution in [0.1, 0.15) is 35.7 Å². The van der Waals surface area contributed by atoms with Crippen LogP contribution < -0.4 is 5.32 Å². The zero-order chi connectivity index (χ0) is 14.4. The van der Waals surface area contributed by atoms with Crippen molar-refractivity contribution >= 4 is 11.6 Å². The fourth-order valence-electron chi connectivity index (χ4n) is 1.89. The quantitative estimate of drug-likeness (QED) is 0.841. The molecule has 1 aromatic carbocycles. The summed E-state index contributed by atoms with van der Waals surface area (Å²) in [5.74, 6) is -1.25. The van der Waals surface area contributed by atoms with E-state index in [4.69, 9.17) is 0 Å². The highest BCUT2D eigenvalue weighted by molar-refractivity contribution is 6.04. The Hall–Kier alpha value is -2.23. The number of hydrogen-bond acceptors (Lipinski definition) is 2. The normalized spacial score (nSPS) is 10.3. The molecule has 4 heteroatoms. The number of carbonyl (C=O) groups excluding carboxylic acids is 1. The largest absolute Gasteiger partial charge is 0.322 e.